The van der Waals surface area contributed by atoms with E-state index in [1.807, 2.05) is 18.2 Å². The van der Waals surface area contributed by atoms with Gasteiger partial charge in [0.15, 0.2) is 11.5 Å². The molecule has 83 valence electrons. The summed E-state index contributed by atoms with van der Waals surface area (Å²) in [5.74, 6) is 1.59. The molecule has 1 aromatic rings. The average Bonchev–Trinajstić information content (AvgIpc) is 2.25. The van der Waals surface area contributed by atoms with Gasteiger partial charge in [-0.15, -0.1) is 0 Å². The van der Waals surface area contributed by atoms with Crippen LogP contribution in [0.2, 0.25) is 0 Å². The Balaban J connectivity index is 2.77. The maximum atomic E-state index is 5.63. The molecular formula is C13H19O2. The second-order valence-corrected chi connectivity index (χ2v) is 3.44. The SMILES string of the molecule is [CH2]c1cccc(OCCC)c1OCCC. The van der Waals surface area contributed by atoms with Crippen molar-refractivity contribution in [2.75, 3.05) is 13.2 Å². The molecule has 1 radical (unpaired) electrons. The van der Waals surface area contributed by atoms with E-state index in [1.165, 1.54) is 0 Å². The fraction of sp³-hybridized carbons (Fsp3) is 0.462. The molecule has 0 unspecified atom stereocenters. The zero-order valence-corrected chi connectivity index (χ0v) is 9.58. The predicted octanol–water partition coefficient (Wildman–Crippen LogP) is 3.45. The molecule has 0 heterocycles. The molecule has 2 heteroatoms. The van der Waals surface area contributed by atoms with Crippen LogP contribution in [0.25, 0.3) is 0 Å². The first kappa shape index (κ1) is 11.9. The van der Waals surface area contributed by atoms with E-state index in [1.54, 1.807) is 0 Å². The van der Waals surface area contributed by atoms with E-state index in [-0.39, 0.29) is 0 Å². The van der Waals surface area contributed by atoms with Gasteiger partial charge in [0.05, 0.1) is 13.2 Å². The molecule has 0 fully saturated rings. The summed E-state index contributed by atoms with van der Waals surface area (Å²) in [7, 11) is 0. The molecule has 0 bridgehead atoms. The average molecular weight is 207 g/mol. The molecule has 0 saturated carbocycles. The van der Waals surface area contributed by atoms with Crippen molar-refractivity contribution in [3.8, 4) is 11.5 Å². The van der Waals surface area contributed by atoms with Gasteiger partial charge in [0, 0.05) is 0 Å². The highest BCUT2D eigenvalue weighted by atomic mass is 16.5. The summed E-state index contributed by atoms with van der Waals surface area (Å²) in [4.78, 5) is 0. The van der Waals surface area contributed by atoms with Crippen molar-refractivity contribution in [3.63, 3.8) is 0 Å². The van der Waals surface area contributed by atoms with Gasteiger partial charge in [-0.05, 0) is 31.4 Å². The molecule has 0 aromatic heterocycles. The standard InChI is InChI=1S/C13H19O2/c1-4-9-14-12-8-6-7-11(3)13(12)15-10-5-2/h6-8H,3-5,9-10H2,1-2H3. The Morgan fingerprint density at radius 3 is 2.40 bits per heavy atom. The Morgan fingerprint density at radius 2 is 1.73 bits per heavy atom. The minimum atomic E-state index is 0.703. The zero-order valence-electron chi connectivity index (χ0n) is 9.58. The predicted molar refractivity (Wildman–Crippen MR) is 62.5 cm³/mol. The fourth-order valence-corrected chi connectivity index (χ4v) is 1.25. The molecule has 0 aliphatic carbocycles. The van der Waals surface area contributed by atoms with Gasteiger partial charge in [0.1, 0.15) is 0 Å². The van der Waals surface area contributed by atoms with Crippen LogP contribution in [-0.4, -0.2) is 13.2 Å². The van der Waals surface area contributed by atoms with Crippen molar-refractivity contribution >= 4 is 0 Å². The van der Waals surface area contributed by atoms with Crippen molar-refractivity contribution in [1.82, 2.24) is 0 Å². The van der Waals surface area contributed by atoms with E-state index >= 15 is 0 Å². The Kier molecular flexibility index (Phi) is 5.02. The van der Waals surface area contributed by atoms with Gasteiger partial charge >= 0.3 is 0 Å². The molecular weight excluding hydrogens is 188 g/mol. The summed E-state index contributed by atoms with van der Waals surface area (Å²) in [5.41, 5.74) is 0.886. The molecule has 1 rings (SSSR count). The third-order valence-electron chi connectivity index (χ3n) is 1.97. The van der Waals surface area contributed by atoms with Gasteiger partial charge in [-0.2, -0.15) is 0 Å². The largest absolute Gasteiger partial charge is 0.490 e. The van der Waals surface area contributed by atoms with Crippen molar-refractivity contribution in [2.45, 2.75) is 26.7 Å². The van der Waals surface area contributed by atoms with E-state index < -0.39 is 0 Å². The first-order valence-electron chi connectivity index (χ1n) is 5.50. The summed E-state index contributed by atoms with van der Waals surface area (Å²) in [6, 6.07) is 5.80. The summed E-state index contributed by atoms with van der Waals surface area (Å²) in [6.07, 6.45) is 1.98. The molecule has 0 spiro atoms. The minimum absolute atomic E-state index is 0.703. The molecule has 0 atom stereocenters. The molecule has 0 amide bonds. The van der Waals surface area contributed by atoms with Crippen molar-refractivity contribution in [1.29, 1.82) is 0 Å². The Hall–Kier alpha value is -1.18. The fourth-order valence-electron chi connectivity index (χ4n) is 1.25. The molecule has 2 nitrogen and oxygen atoms in total. The van der Waals surface area contributed by atoms with Crippen LogP contribution in [0.15, 0.2) is 18.2 Å². The smallest absolute Gasteiger partial charge is 0.164 e. The zero-order chi connectivity index (χ0) is 11.1. The van der Waals surface area contributed by atoms with E-state index in [9.17, 15) is 0 Å². The lowest BCUT2D eigenvalue weighted by Crippen LogP contribution is -2.02. The number of para-hydroxylation sites is 1. The summed E-state index contributed by atoms with van der Waals surface area (Å²) in [5, 5.41) is 0. The molecule has 15 heavy (non-hydrogen) atoms. The van der Waals surface area contributed by atoms with Gasteiger partial charge in [0.25, 0.3) is 0 Å². The van der Waals surface area contributed by atoms with E-state index in [4.69, 9.17) is 9.47 Å². The summed E-state index contributed by atoms with van der Waals surface area (Å²) in [6.45, 7) is 9.52. The Labute approximate surface area is 92.2 Å². The topological polar surface area (TPSA) is 18.5 Å². The van der Waals surface area contributed by atoms with E-state index in [2.05, 4.69) is 20.8 Å². The lowest BCUT2D eigenvalue weighted by molar-refractivity contribution is 0.267. The van der Waals surface area contributed by atoms with Crippen molar-refractivity contribution in [3.05, 3.63) is 30.7 Å². The van der Waals surface area contributed by atoms with Crippen LogP contribution in [0.5, 0.6) is 11.5 Å². The van der Waals surface area contributed by atoms with Crippen molar-refractivity contribution in [2.24, 2.45) is 0 Å². The summed E-state index contributed by atoms with van der Waals surface area (Å²) >= 11 is 0. The quantitative estimate of drug-likeness (QED) is 0.711. The van der Waals surface area contributed by atoms with Crippen molar-refractivity contribution < 1.29 is 9.47 Å². The van der Waals surface area contributed by atoms with Crippen LogP contribution in [0.3, 0.4) is 0 Å². The highest BCUT2D eigenvalue weighted by Crippen LogP contribution is 2.30. The first-order valence-corrected chi connectivity index (χ1v) is 5.50. The number of benzene rings is 1. The molecule has 0 aliphatic heterocycles. The highest BCUT2D eigenvalue weighted by Gasteiger charge is 2.07. The van der Waals surface area contributed by atoms with Crippen LogP contribution < -0.4 is 9.47 Å². The van der Waals surface area contributed by atoms with Crippen LogP contribution in [0.4, 0.5) is 0 Å². The molecule has 0 aliphatic rings. The Morgan fingerprint density at radius 1 is 1.07 bits per heavy atom. The van der Waals surface area contributed by atoms with Crippen LogP contribution >= 0.6 is 0 Å². The number of ether oxygens (including phenoxy) is 2. The highest BCUT2D eigenvalue weighted by molar-refractivity contribution is 5.47. The molecule has 0 N–H and O–H groups in total. The van der Waals surface area contributed by atoms with Gasteiger partial charge < -0.3 is 9.47 Å². The van der Waals surface area contributed by atoms with E-state index in [0.29, 0.717) is 13.2 Å². The molecule has 1 aromatic carbocycles. The van der Waals surface area contributed by atoms with Crippen LogP contribution in [0.1, 0.15) is 32.3 Å². The van der Waals surface area contributed by atoms with Gasteiger partial charge in [-0.1, -0.05) is 26.0 Å². The minimum Gasteiger partial charge on any atom is -0.490 e. The first-order chi connectivity index (χ1) is 7.29. The lowest BCUT2D eigenvalue weighted by Gasteiger charge is -2.13. The third-order valence-corrected chi connectivity index (χ3v) is 1.97. The maximum Gasteiger partial charge on any atom is 0.164 e. The lowest BCUT2D eigenvalue weighted by atomic mass is 10.2. The van der Waals surface area contributed by atoms with Gasteiger partial charge in [-0.25, -0.2) is 0 Å². The second kappa shape index (κ2) is 6.33. The van der Waals surface area contributed by atoms with Gasteiger partial charge in [0.2, 0.25) is 0 Å². The number of rotatable bonds is 6. The normalized spacial score (nSPS) is 10.1. The Bertz CT molecular complexity index is 295. The second-order valence-electron chi connectivity index (χ2n) is 3.44. The van der Waals surface area contributed by atoms with Gasteiger partial charge in [-0.3, -0.25) is 0 Å². The maximum absolute atomic E-state index is 5.63. The third kappa shape index (κ3) is 3.46. The van der Waals surface area contributed by atoms with E-state index in [0.717, 1.165) is 29.9 Å². The molecule has 0 saturated heterocycles. The monoisotopic (exact) mass is 207 g/mol. The number of hydrogen-bond donors (Lipinski definition) is 0. The van der Waals surface area contributed by atoms with Crippen LogP contribution in [-0.2, 0) is 0 Å². The number of hydrogen-bond acceptors (Lipinski definition) is 2. The summed E-state index contributed by atoms with van der Waals surface area (Å²) < 4.78 is 11.2. The van der Waals surface area contributed by atoms with Crippen LogP contribution in [0, 0.1) is 6.92 Å².